The Morgan fingerprint density at radius 1 is 0.963 bits per heavy atom. The minimum Gasteiger partial charge on any atom is -0.367 e. The monoisotopic (exact) mass is 384 g/mol. The molecule has 0 fully saturated rings. The van der Waals surface area contributed by atoms with Gasteiger partial charge >= 0.3 is 12.2 Å². The van der Waals surface area contributed by atoms with Gasteiger partial charge in [0, 0.05) is 13.1 Å². The van der Waals surface area contributed by atoms with Gasteiger partial charge in [0.05, 0.1) is 6.61 Å². The van der Waals surface area contributed by atoms with Crippen LogP contribution in [0.5, 0.6) is 0 Å². The Labute approximate surface area is 154 Å². The van der Waals surface area contributed by atoms with E-state index in [1.165, 1.54) is 6.07 Å². The molecule has 0 saturated heterocycles. The minimum atomic E-state index is -4.35. The molecule has 0 aliphatic carbocycles. The first-order chi connectivity index (χ1) is 12.7. The van der Waals surface area contributed by atoms with Crippen LogP contribution in [0, 0.1) is 12.7 Å². The summed E-state index contributed by atoms with van der Waals surface area (Å²) in [6.45, 7) is 0.672. The van der Waals surface area contributed by atoms with Crippen LogP contribution in [0.15, 0.2) is 42.5 Å². The van der Waals surface area contributed by atoms with Gasteiger partial charge in [-0.3, -0.25) is 0 Å². The third-order valence-electron chi connectivity index (χ3n) is 3.70. The molecule has 0 bridgehead atoms. The minimum absolute atomic E-state index is 0.138. The number of carbonyl (C=O) groups excluding carboxylic acids is 1. The van der Waals surface area contributed by atoms with Crippen LogP contribution >= 0.6 is 0 Å². The first kappa shape index (κ1) is 20.7. The molecule has 0 unspecified atom stereocenters. The van der Waals surface area contributed by atoms with Gasteiger partial charge in [0.15, 0.2) is 0 Å². The summed E-state index contributed by atoms with van der Waals surface area (Å²) in [5, 5.41) is 5.28. The standard InChI is InChI=1S/C19H20F4N2O2/c1-13-2-3-16(8-17(13)20)10-25-18(26)24-9-14-4-6-15(7-5-14)11-27-12-19(21,22)23/h2-8H,9-12H2,1H3,(H2,24,25,26). The Kier molecular flexibility index (Phi) is 7.18. The van der Waals surface area contributed by atoms with E-state index in [4.69, 9.17) is 0 Å². The number of halogens is 4. The molecule has 2 aromatic rings. The van der Waals surface area contributed by atoms with Crippen molar-refractivity contribution in [3.05, 3.63) is 70.5 Å². The molecule has 0 aliphatic heterocycles. The van der Waals surface area contributed by atoms with Gasteiger partial charge in [-0.15, -0.1) is 0 Å². The van der Waals surface area contributed by atoms with E-state index in [0.717, 1.165) is 5.56 Å². The lowest BCUT2D eigenvalue weighted by Crippen LogP contribution is -2.34. The zero-order valence-electron chi connectivity index (χ0n) is 14.7. The number of rotatable bonds is 7. The molecule has 2 aromatic carbocycles. The Morgan fingerprint density at radius 2 is 1.52 bits per heavy atom. The van der Waals surface area contributed by atoms with E-state index < -0.39 is 18.8 Å². The Hall–Kier alpha value is -2.61. The van der Waals surface area contributed by atoms with Crippen LogP contribution in [0.25, 0.3) is 0 Å². The highest BCUT2D eigenvalue weighted by Gasteiger charge is 2.27. The van der Waals surface area contributed by atoms with E-state index >= 15 is 0 Å². The maximum atomic E-state index is 13.4. The van der Waals surface area contributed by atoms with Crippen LogP contribution in [-0.2, 0) is 24.4 Å². The van der Waals surface area contributed by atoms with Gasteiger partial charge in [-0.25, -0.2) is 9.18 Å². The molecule has 2 rings (SSSR count). The van der Waals surface area contributed by atoms with Gasteiger partial charge in [-0.2, -0.15) is 13.2 Å². The summed E-state index contributed by atoms with van der Waals surface area (Å²) in [5.41, 5.74) is 2.58. The summed E-state index contributed by atoms with van der Waals surface area (Å²) >= 11 is 0. The highest BCUT2D eigenvalue weighted by molar-refractivity contribution is 5.73. The number of aryl methyl sites for hydroxylation is 1. The van der Waals surface area contributed by atoms with E-state index in [1.54, 1.807) is 43.3 Å². The van der Waals surface area contributed by atoms with E-state index in [2.05, 4.69) is 15.4 Å². The number of alkyl halides is 3. The summed E-state index contributed by atoms with van der Waals surface area (Å²) in [6.07, 6.45) is -4.35. The lowest BCUT2D eigenvalue weighted by Gasteiger charge is -2.10. The number of ether oxygens (including phenoxy) is 1. The van der Waals surface area contributed by atoms with Crippen molar-refractivity contribution in [1.29, 1.82) is 0 Å². The summed E-state index contributed by atoms with van der Waals surface area (Å²) in [5.74, 6) is -0.325. The van der Waals surface area contributed by atoms with E-state index in [0.29, 0.717) is 16.7 Å². The number of nitrogens with one attached hydrogen (secondary N) is 2. The first-order valence-electron chi connectivity index (χ1n) is 8.22. The second-order valence-electron chi connectivity index (χ2n) is 6.04. The Morgan fingerprint density at radius 3 is 2.11 bits per heavy atom. The number of benzene rings is 2. The number of hydrogen-bond acceptors (Lipinski definition) is 2. The average molecular weight is 384 g/mol. The van der Waals surface area contributed by atoms with Gasteiger partial charge in [0.1, 0.15) is 12.4 Å². The van der Waals surface area contributed by atoms with Crippen LogP contribution in [-0.4, -0.2) is 18.8 Å². The van der Waals surface area contributed by atoms with Gasteiger partial charge < -0.3 is 15.4 Å². The second-order valence-corrected chi connectivity index (χ2v) is 6.04. The van der Waals surface area contributed by atoms with Crippen molar-refractivity contribution in [2.24, 2.45) is 0 Å². The fourth-order valence-electron chi connectivity index (χ4n) is 2.21. The lowest BCUT2D eigenvalue weighted by molar-refractivity contribution is -0.176. The predicted octanol–water partition coefficient (Wildman–Crippen LogP) is 4.21. The fourth-order valence-corrected chi connectivity index (χ4v) is 2.21. The second kappa shape index (κ2) is 9.36. The SMILES string of the molecule is Cc1ccc(CNC(=O)NCc2ccc(COCC(F)(F)F)cc2)cc1F. The van der Waals surface area contributed by atoms with Crippen molar-refractivity contribution in [2.75, 3.05) is 6.61 Å². The third-order valence-corrected chi connectivity index (χ3v) is 3.70. The average Bonchev–Trinajstić information content (AvgIpc) is 2.61. The maximum Gasteiger partial charge on any atom is 0.411 e. The quantitative estimate of drug-likeness (QED) is 0.703. The zero-order chi connectivity index (χ0) is 19.9. The smallest absolute Gasteiger partial charge is 0.367 e. The lowest BCUT2D eigenvalue weighted by atomic mass is 10.1. The molecule has 2 amide bonds. The number of amides is 2. The van der Waals surface area contributed by atoms with Crippen LogP contribution in [0.3, 0.4) is 0 Å². The van der Waals surface area contributed by atoms with Gasteiger partial charge in [0.2, 0.25) is 0 Å². The number of urea groups is 1. The molecule has 0 spiro atoms. The summed E-state index contributed by atoms with van der Waals surface area (Å²) in [7, 11) is 0. The molecule has 0 radical (unpaired) electrons. The first-order valence-corrected chi connectivity index (χ1v) is 8.22. The van der Waals surface area contributed by atoms with Gasteiger partial charge in [-0.1, -0.05) is 36.4 Å². The molecule has 8 heteroatoms. The molecular weight excluding hydrogens is 364 g/mol. The Bertz CT molecular complexity index is 761. The van der Waals surface area contributed by atoms with Crippen LogP contribution in [0.4, 0.5) is 22.4 Å². The highest BCUT2D eigenvalue weighted by Crippen LogP contribution is 2.16. The number of hydrogen-bond donors (Lipinski definition) is 2. The summed E-state index contributed by atoms with van der Waals surface area (Å²) < 4.78 is 54.1. The van der Waals surface area contributed by atoms with Crippen molar-refractivity contribution in [2.45, 2.75) is 32.8 Å². The molecule has 0 aromatic heterocycles. The third kappa shape index (κ3) is 7.65. The summed E-state index contributed by atoms with van der Waals surface area (Å²) in [6, 6.07) is 11.0. The fraction of sp³-hybridized carbons (Fsp3) is 0.316. The predicted molar refractivity (Wildman–Crippen MR) is 92.4 cm³/mol. The molecule has 27 heavy (non-hydrogen) atoms. The molecule has 0 atom stereocenters. The van der Waals surface area contributed by atoms with Crippen molar-refractivity contribution in [3.8, 4) is 0 Å². The van der Waals surface area contributed by atoms with Crippen molar-refractivity contribution < 1.29 is 27.1 Å². The van der Waals surface area contributed by atoms with E-state index in [1.807, 2.05) is 0 Å². The molecule has 4 nitrogen and oxygen atoms in total. The van der Waals surface area contributed by atoms with Gasteiger partial charge in [0.25, 0.3) is 0 Å². The van der Waals surface area contributed by atoms with Gasteiger partial charge in [-0.05, 0) is 35.2 Å². The number of carbonyl (C=O) groups is 1. The Balaban J connectivity index is 1.72. The molecule has 0 heterocycles. The molecular formula is C19H20F4N2O2. The van der Waals surface area contributed by atoms with Crippen LogP contribution < -0.4 is 10.6 Å². The topological polar surface area (TPSA) is 50.4 Å². The molecule has 0 aliphatic rings. The van der Waals surface area contributed by atoms with E-state index in [9.17, 15) is 22.4 Å². The largest absolute Gasteiger partial charge is 0.411 e. The molecule has 2 N–H and O–H groups in total. The van der Waals surface area contributed by atoms with Crippen LogP contribution in [0.2, 0.25) is 0 Å². The van der Waals surface area contributed by atoms with Crippen molar-refractivity contribution >= 4 is 6.03 Å². The zero-order valence-corrected chi connectivity index (χ0v) is 14.7. The maximum absolute atomic E-state index is 13.4. The molecule has 0 saturated carbocycles. The normalized spacial score (nSPS) is 11.3. The van der Waals surface area contributed by atoms with E-state index in [-0.39, 0.29) is 25.5 Å². The molecule has 146 valence electrons. The van der Waals surface area contributed by atoms with Crippen molar-refractivity contribution in [1.82, 2.24) is 10.6 Å². The summed E-state index contributed by atoms with van der Waals surface area (Å²) in [4.78, 5) is 11.8. The van der Waals surface area contributed by atoms with Crippen LogP contribution in [0.1, 0.15) is 22.3 Å². The highest BCUT2D eigenvalue weighted by atomic mass is 19.4. The van der Waals surface area contributed by atoms with Crippen molar-refractivity contribution in [3.63, 3.8) is 0 Å².